The Morgan fingerprint density at radius 1 is 1.25 bits per heavy atom. The highest BCUT2D eigenvalue weighted by atomic mass is 35.5. The molecule has 0 amide bonds. The van der Waals surface area contributed by atoms with Gasteiger partial charge >= 0.3 is 0 Å². The summed E-state index contributed by atoms with van der Waals surface area (Å²) >= 11 is 8.79. The predicted molar refractivity (Wildman–Crippen MR) is 95.4 cm³/mol. The third kappa shape index (κ3) is 5.06. The van der Waals surface area contributed by atoms with Gasteiger partial charge in [-0.2, -0.15) is 0 Å². The maximum atomic E-state index is 9.95. The van der Waals surface area contributed by atoms with Gasteiger partial charge in [0.2, 0.25) is 5.89 Å². The van der Waals surface area contributed by atoms with Crippen LogP contribution >= 0.6 is 34.7 Å². The highest BCUT2D eigenvalue weighted by Crippen LogP contribution is 2.24. The van der Waals surface area contributed by atoms with E-state index in [4.69, 9.17) is 20.8 Å². The molecule has 2 heterocycles. The average molecular weight is 383 g/mol. The number of thioether (sulfide) groups is 1. The van der Waals surface area contributed by atoms with E-state index in [1.807, 2.05) is 29.6 Å². The molecule has 2 aromatic heterocycles. The quantitative estimate of drug-likeness (QED) is 0.591. The second-order valence-electron chi connectivity index (χ2n) is 4.94. The summed E-state index contributed by atoms with van der Waals surface area (Å²) in [6, 6.07) is 11.1. The molecular formula is C16H15ClN2O3S2. The third-order valence-electron chi connectivity index (χ3n) is 3.03. The van der Waals surface area contributed by atoms with E-state index >= 15 is 0 Å². The monoisotopic (exact) mass is 382 g/mol. The van der Waals surface area contributed by atoms with Crippen LogP contribution in [-0.2, 0) is 11.3 Å². The molecule has 0 unspecified atom stereocenters. The highest BCUT2D eigenvalue weighted by molar-refractivity contribution is 7.99. The molecule has 8 heteroatoms. The fraction of sp³-hybridized carbons (Fsp3) is 0.250. The summed E-state index contributed by atoms with van der Waals surface area (Å²) in [6.07, 6.45) is -0.596. The Labute approximate surface area is 152 Å². The Balaban J connectivity index is 1.44. The maximum absolute atomic E-state index is 9.95. The van der Waals surface area contributed by atoms with Crippen molar-refractivity contribution in [2.75, 3.05) is 12.4 Å². The maximum Gasteiger partial charge on any atom is 0.276 e. The zero-order valence-electron chi connectivity index (χ0n) is 12.6. The minimum absolute atomic E-state index is 0.267. The predicted octanol–water partition coefficient (Wildman–Crippen LogP) is 4.12. The molecule has 0 radical (unpaired) electrons. The van der Waals surface area contributed by atoms with Crippen LogP contribution in [0.3, 0.4) is 0 Å². The molecule has 0 aliphatic heterocycles. The van der Waals surface area contributed by atoms with Crippen molar-refractivity contribution >= 4 is 34.7 Å². The van der Waals surface area contributed by atoms with Crippen molar-refractivity contribution in [1.29, 1.82) is 0 Å². The van der Waals surface area contributed by atoms with Crippen LogP contribution in [0.4, 0.5) is 0 Å². The molecule has 3 aromatic rings. The Kier molecular flexibility index (Phi) is 6.28. The molecule has 0 fully saturated rings. The third-order valence-corrected chi connectivity index (χ3v) is 5.10. The summed E-state index contributed by atoms with van der Waals surface area (Å²) in [7, 11) is 0. The van der Waals surface area contributed by atoms with E-state index < -0.39 is 6.10 Å². The molecule has 0 spiro atoms. The van der Waals surface area contributed by atoms with Gasteiger partial charge in [-0.05, 0) is 35.7 Å². The minimum Gasteiger partial charge on any atom is -0.411 e. The Hall–Kier alpha value is -1.38. The first-order valence-corrected chi connectivity index (χ1v) is 9.45. The summed E-state index contributed by atoms with van der Waals surface area (Å²) in [6.45, 7) is 0.781. The summed E-state index contributed by atoms with van der Waals surface area (Å²) in [5, 5.41) is 21.0. The van der Waals surface area contributed by atoms with Crippen molar-refractivity contribution < 1.29 is 14.3 Å². The number of aromatic nitrogens is 2. The SMILES string of the molecule is O[C@@H](COCc1cccs1)CSc1nnc(-c2ccc(Cl)cc2)o1. The van der Waals surface area contributed by atoms with Crippen LogP contribution in [0.15, 0.2) is 51.4 Å². The first-order chi connectivity index (χ1) is 11.7. The van der Waals surface area contributed by atoms with Gasteiger partial charge in [-0.15, -0.1) is 21.5 Å². The number of hydrogen-bond donors (Lipinski definition) is 1. The smallest absolute Gasteiger partial charge is 0.276 e. The van der Waals surface area contributed by atoms with Gasteiger partial charge in [-0.3, -0.25) is 0 Å². The van der Waals surface area contributed by atoms with Crippen LogP contribution in [0.1, 0.15) is 4.88 Å². The molecule has 0 bridgehead atoms. The largest absolute Gasteiger partial charge is 0.411 e. The Morgan fingerprint density at radius 2 is 2.08 bits per heavy atom. The fourth-order valence-electron chi connectivity index (χ4n) is 1.88. The van der Waals surface area contributed by atoms with Gasteiger partial charge in [0.15, 0.2) is 0 Å². The van der Waals surface area contributed by atoms with Crippen LogP contribution < -0.4 is 0 Å². The molecule has 3 rings (SSSR count). The molecular weight excluding hydrogens is 368 g/mol. The normalized spacial score (nSPS) is 12.4. The fourth-order valence-corrected chi connectivity index (χ4v) is 3.32. The van der Waals surface area contributed by atoms with Gasteiger partial charge in [-0.1, -0.05) is 29.4 Å². The molecule has 126 valence electrons. The van der Waals surface area contributed by atoms with E-state index in [1.54, 1.807) is 23.5 Å². The van der Waals surface area contributed by atoms with Crippen molar-refractivity contribution in [3.63, 3.8) is 0 Å². The topological polar surface area (TPSA) is 68.4 Å². The van der Waals surface area contributed by atoms with Gasteiger partial charge in [0.05, 0.1) is 19.3 Å². The van der Waals surface area contributed by atoms with Crippen molar-refractivity contribution in [2.45, 2.75) is 17.9 Å². The van der Waals surface area contributed by atoms with Crippen molar-refractivity contribution in [2.24, 2.45) is 0 Å². The van der Waals surface area contributed by atoms with Gasteiger partial charge in [-0.25, -0.2) is 0 Å². The molecule has 0 saturated carbocycles. The van der Waals surface area contributed by atoms with Gasteiger partial charge < -0.3 is 14.3 Å². The van der Waals surface area contributed by atoms with Crippen molar-refractivity contribution in [3.8, 4) is 11.5 Å². The standard InChI is InChI=1S/C16H15ClN2O3S2/c17-12-5-3-11(4-6-12)15-18-19-16(22-15)24-10-13(20)8-21-9-14-2-1-7-23-14/h1-7,13,20H,8-10H2/t13-/m0/s1. The number of aliphatic hydroxyl groups excluding tert-OH is 1. The van der Waals surface area contributed by atoms with Crippen molar-refractivity contribution in [1.82, 2.24) is 10.2 Å². The molecule has 1 aromatic carbocycles. The number of ether oxygens (including phenoxy) is 1. The molecule has 24 heavy (non-hydrogen) atoms. The molecule has 0 aliphatic carbocycles. The zero-order valence-corrected chi connectivity index (χ0v) is 15.0. The second-order valence-corrected chi connectivity index (χ2v) is 7.38. The number of thiophene rings is 1. The Morgan fingerprint density at radius 3 is 2.83 bits per heavy atom. The number of hydrogen-bond acceptors (Lipinski definition) is 7. The summed E-state index contributed by atoms with van der Waals surface area (Å²) in [5.74, 6) is 0.852. The van der Waals surface area contributed by atoms with Crippen LogP contribution in [-0.4, -0.2) is 33.8 Å². The molecule has 0 saturated heterocycles. The molecule has 1 atom stereocenters. The van der Waals surface area contributed by atoms with Crippen LogP contribution in [0.25, 0.3) is 11.5 Å². The summed E-state index contributed by atoms with van der Waals surface area (Å²) in [5.41, 5.74) is 0.804. The van der Waals surface area contributed by atoms with E-state index in [0.717, 1.165) is 10.4 Å². The molecule has 5 nitrogen and oxygen atoms in total. The van der Waals surface area contributed by atoms with Crippen LogP contribution in [0.5, 0.6) is 0 Å². The number of rotatable bonds is 8. The van der Waals surface area contributed by atoms with Crippen LogP contribution in [0, 0.1) is 0 Å². The van der Waals surface area contributed by atoms with E-state index in [2.05, 4.69) is 10.2 Å². The van der Waals surface area contributed by atoms with Gasteiger partial charge in [0.1, 0.15) is 0 Å². The van der Waals surface area contributed by atoms with E-state index in [0.29, 0.717) is 28.5 Å². The number of halogens is 1. The zero-order chi connectivity index (χ0) is 16.8. The van der Waals surface area contributed by atoms with E-state index in [9.17, 15) is 5.11 Å². The lowest BCUT2D eigenvalue weighted by Gasteiger charge is -2.08. The highest BCUT2D eigenvalue weighted by Gasteiger charge is 2.12. The van der Waals surface area contributed by atoms with E-state index in [-0.39, 0.29) is 6.61 Å². The number of aliphatic hydroxyl groups is 1. The number of nitrogens with zero attached hydrogens (tertiary/aromatic N) is 2. The lowest BCUT2D eigenvalue weighted by Crippen LogP contribution is -2.17. The van der Waals surface area contributed by atoms with Gasteiger partial charge in [0, 0.05) is 21.2 Å². The lowest BCUT2D eigenvalue weighted by molar-refractivity contribution is 0.0408. The van der Waals surface area contributed by atoms with Crippen molar-refractivity contribution in [3.05, 3.63) is 51.7 Å². The average Bonchev–Trinajstić information content (AvgIpc) is 3.25. The first-order valence-electron chi connectivity index (χ1n) is 7.21. The summed E-state index contributed by atoms with van der Waals surface area (Å²) < 4.78 is 11.1. The molecule has 0 aliphatic rings. The number of benzene rings is 1. The first kappa shape index (κ1) is 17.4. The lowest BCUT2D eigenvalue weighted by atomic mass is 10.2. The van der Waals surface area contributed by atoms with E-state index in [1.165, 1.54) is 11.8 Å². The summed E-state index contributed by atoms with van der Waals surface area (Å²) in [4.78, 5) is 1.14. The molecule has 1 N–H and O–H groups in total. The van der Waals surface area contributed by atoms with Gasteiger partial charge in [0.25, 0.3) is 5.22 Å². The minimum atomic E-state index is -0.596. The van der Waals surface area contributed by atoms with Crippen LogP contribution in [0.2, 0.25) is 5.02 Å². The second kappa shape index (κ2) is 8.64. The Bertz CT molecular complexity index is 747.